The first-order valence-electron chi connectivity index (χ1n) is 17.1. The monoisotopic (exact) mass is 685 g/mol. The molecule has 0 spiro atoms. The van der Waals surface area contributed by atoms with Crippen molar-refractivity contribution < 1.29 is 3.89 Å². The van der Waals surface area contributed by atoms with Crippen LogP contribution in [0.15, 0.2) is 114 Å². The predicted molar refractivity (Wildman–Crippen MR) is 223 cm³/mol. The average Bonchev–Trinajstić information content (AvgIpc) is 3.14. The van der Waals surface area contributed by atoms with Crippen LogP contribution < -0.4 is 10.6 Å². The van der Waals surface area contributed by atoms with Gasteiger partial charge in [0.1, 0.15) is 0 Å². The third kappa shape index (κ3) is 23.7. The van der Waals surface area contributed by atoms with Gasteiger partial charge in [-0.1, -0.05) is 133 Å². The molecule has 3 nitrogen and oxygen atoms in total. The molecule has 3 N–H and O–H groups in total. The van der Waals surface area contributed by atoms with Gasteiger partial charge in [-0.3, -0.25) is 0 Å². The van der Waals surface area contributed by atoms with Gasteiger partial charge in [-0.25, -0.2) is 0 Å². The number of halogens is 1. The Kier molecular flexibility index (Phi) is 32.4. The molecule has 268 valence electrons. The molecule has 3 rings (SSSR count). The standard InChI is InChI=1S/C21H25N.C12H17N.C5H8FNS.2C2H6.C2H2/c1-5-19-10-12-20(13-11-19)15-22-18(4)14-17(3)21-9-7-6-8-16(21)2;1-4-11-5-7-12(8-6-11)9-13-10(2)3;1-4(2)5(3-7)8-6;3*1-2/h6-14,22H,3,5,15H2,1-2,4H3;5-8,13H,2,4,9H2,1,3H3;3,7H,1-2H3;2*1-2H3;1-2H/b18-14+;;;;;. The second-order valence-electron chi connectivity index (χ2n) is 10.6. The molecule has 0 atom stereocenters. The van der Waals surface area contributed by atoms with Gasteiger partial charge in [-0.15, -0.1) is 12.8 Å². The van der Waals surface area contributed by atoms with Crippen LogP contribution >= 0.6 is 12.1 Å². The van der Waals surface area contributed by atoms with Crippen LogP contribution in [0.5, 0.6) is 0 Å². The molecule has 0 aliphatic rings. The summed E-state index contributed by atoms with van der Waals surface area (Å²) in [5.41, 5.74) is 11.9. The molecule has 0 aliphatic heterocycles. The zero-order chi connectivity index (χ0) is 38.2. The summed E-state index contributed by atoms with van der Waals surface area (Å²) in [5.74, 6) is 0. The summed E-state index contributed by atoms with van der Waals surface area (Å²) >= 11 is 0.115. The maximum Gasteiger partial charge on any atom is 0.0827 e. The summed E-state index contributed by atoms with van der Waals surface area (Å²) < 4.78 is 11.6. The highest BCUT2D eigenvalue weighted by molar-refractivity contribution is 7.99. The SMILES string of the molecule is C#C.C=C(/C=C(\C)NCc1ccc(CC)cc1)c1ccccc1C.C=C(C)NCc1ccc(CC)cc1.CC.CC.CC(C)=C(C=N)SF. The third-order valence-electron chi connectivity index (χ3n) is 6.62. The topological polar surface area (TPSA) is 47.9 Å². The molecule has 0 saturated heterocycles. The largest absolute Gasteiger partial charge is 0.385 e. The maximum atomic E-state index is 11.6. The van der Waals surface area contributed by atoms with Gasteiger partial charge in [-0.2, -0.15) is 3.89 Å². The molecule has 0 fully saturated rings. The number of allylic oxidation sites excluding steroid dienone is 6. The van der Waals surface area contributed by atoms with Gasteiger partial charge in [0.2, 0.25) is 0 Å². The molecule has 0 unspecified atom stereocenters. The van der Waals surface area contributed by atoms with E-state index in [-0.39, 0.29) is 12.1 Å². The van der Waals surface area contributed by atoms with Gasteiger partial charge >= 0.3 is 0 Å². The second kappa shape index (κ2) is 32.3. The molecule has 3 aromatic rings. The van der Waals surface area contributed by atoms with Gasteiger partial charge in [0.15, 0.2) is 0 Å². The second-order valence-corrected chi connectivity index (χ2v) is 11.2. The Morgan fingerprint density at radius 2 is 1.14 bits per heavy atom. The number of hydrogen-bond donors (Lipinski definition) is 3. The first-order chi connectivity index (χ1) is 23.5. The van der Waals surface area contributed by atoms with Crippen molar-refractivity contribution >= 4 is 23.9 Å². The van der Waals surface area contributed by atoms with Crippen molar-refractivity contribution in [1.29, 1.82) is 5.41 Å². The van der Waals surface area contributed by atoms with E-state index < -0.39 is 0 Å². The van der Waals surface area contributed by atoms with E-state index in [2.05, 4.69) is 143 Å². The first kappa shape index (κ1) is 49.1. The number of nitrogens with one attached hydrogen (secondary N) is 3. The third-order valence-corrected chi connectivity index (χ3v) is 7.31. The van der Waals surface area contributed by atoms with Gasteiger partial charge in [0.05, 0.1) is 17.1 Å². The minimum absolute atomic E-state index is 0.115. The Labute approximate surface area is 305 Å². The highest BCUT2D eigenvalue weighted by Gasteiger charge is 2.01. The van der Waals surface area contributed by atoms with Crippen LogP contribution in [0.3, 0.4) is 0 Å². The number of terminal acetylenes is 1. The number of benzene rings is 3. The minimum atomic E-state index is 0.115. The van der Waals surface area contributed by atoms with E-state index in [1.807, 2.05) is 34.6 Å². The van der Waals surface area contributed by atoms with Crippen molar-refractivity contribution in [1.82, 2.24) is 10.6 Å². The van der Waals surface area contributed by atoms with E-state index in [0.717, 1.165) is 54.7 Å². The quantitative estimate of drug-likeness (QED) is 0.101. The van der Waals surface area contributed by atoms with E-state index in [1.165, 1.54) is 33.4 Å². The van der Waals surface area contributed by atoms with Crippen LogP contribution in [0.25, 0.3) is 5.57 Å². The summed E-state index contributed by atoms with van der Waals surface area (Å²) in [5, 5.41) is 13.3. The Hall–Kier alpha value is -4.27. The Balaban J connectivity index is -0.000000666. The van der Waals surface area contributed by atoms with Crippen molar-refractivity contribution in [3.63, 3.8) is 0 Å². The summed E-state index contributed by atoms with van der Waals surface area (Å²) in [6.45, 7) is 31.8. The first-order valence-corrected chi connectivity index (χ1v) is 17.8. The van der Waals surface area contributed by atoms with Crippen LogP contribution in [-0.4, -0.2) is 6.21 Å². The van der Waals surface area contributed by atoms with E-state index in [1.54, 1.807) is 13.8 Å². The summed E-state index contributed by atoms with van der Waals surface area (Å²) in [7, 11) is 0. The number of rotatable bonds is 12. The lowest BCUT2D eigenvalue weighted by Gasteiger charge is -2.10. The fourth-order valence-electron chi connectivity index (χ4n) is 3.85. The highest BCUT2D eigenvalue weighted by atomic mass is 32.2. The normalized spacial score (nSPS) is 9.31. The molecule has 0 aliphatic carbocycles. The van der Waals surface area contributed by atoms with Crippen LogP contribution in [-0.2, 0) is 25.9 Å². The van der Waals surface area contributed by atoms with Gasteiger partial charge in [0, 0.05) is 30.7 Å². The van der Waals surface area contributed by atoms with Crippen molar-refractivity contribution in [2.24, 2.45) is 0 Å². The lowest BCUT2D eigenvalue weighted by atomic mass is 10.0. The fraction of sp³-hybridized carbons (Fsp3) is 0.341. The number of hydrogen-bond acceptors (Lipinski definition) is 4. The summed E-state index contributed by atoms with van der Waals surface area (Å²) in [4.78, 5) is 0.394. The van der Waals surface area contributed by atoms with Crippen LogP contribution in [0.4, 0.5) is 3.89 Å². The summed E-state index contributed by atoms with van der Waals surface area (Å²) in [6.07, 6.45) is 13.3. The average molecular weight is 686 g/mol. The van der Waals surface area contributed by atoms with Crippen molar-refractivity contribution in [2.75, 3.05) is 0 Å². The molecule has 0 amide bonds. The molecule has 0 aromatic heterocycles. The van der Waals surface area contributed by atoms with Gasteiger partial charge in [-0.05, 0) is 92.5 Å². The molecule has 0 heterocycles. The Morgan fingerprint density at radius 3 is 1.47 bits per heavy atom. The highest BCUT2D eigenvalue weighted by Crippen LogP contribution is 2.19. The molecule has 3 aromatic carbocycles. The molecule has 0 bridgehead atoms. The van der Waals surface area contributed by atoms with Gasteiger partial charge < -0.3 is 16.0 Å². The fourth-order valence-corrected chi connectivity index (χ4v) is 4.05. The Bertz CT molecular complexity index is 1390. The molecular weight excluding hydrogens is 622 g/mol. The van der Waals surface area contributed by atoms with E-state index in [0.29, 0.717) is 4.91 Å². The lowest BCUT2D eigenvalue weighted by molar-refractivity contribution is 0.812. The maximum absolute atomic E-state index is 11.6. The van der Waals surface area contributed by atoms with Crippen LogP contribution in [0.1, 0.15) is 103 Å². The number of aryl methyl sites for hydroxylation is 3. The van der Waals surface area contributed by atoms with Crippen molar-refractivity contribution in [3.8, 4) is 12.8 Å². The smallest absolute Gasteiger partial charge is 0.0827 e. The lowest BCUT2D eigenvalue weighted by Crippen LogP contribution is -2.10. The molecule has 0 radical (unpaired) electrons. The van der Waals surface area contributed by atoms with Crippen LogP contribution in [0.2, 0.25) is 0 Å². The van der Waals surface area contributed by atoms with Gasteiger partial charge in [0.25, 0.3) is 0 Å². The van der Waals surface area contributed by atoms with Crippen molar-refractivity contribution in [2.45, 2.75) is 102 Å². The van der Waals surface area contributed by atoms with E-state index in [9.17, 15) is 3.89 Å². The zero-order valence-corrected chi connectivity index (χ0v) is 33.1. The zero-order valence-electron chi connectivity index (χ0n) is 32.3. The molecule has 0 saturated carbocycles. The predicted octanol–water partition coefficient (Wildman–Crippen LogP) is 13.0. The molecular formula is C44H64FN3S. The minimum Gasteiger partial charge on any atom is -0.385 e. The Morgan fingerprint density at radius 1 is 0.735 bits per heavy atom. The van der Waals surface area contributed by atoms with Crippen LogP contribution in [0, 0.1) is 25.2 Å². The molecule has 49 heavy (non-hydrogen) atoms. The molecule has 5 heteroatoms. The van der Waals surface area contributed by atoms with E-state index in [4.69, 9.17) is 5.41 Å². The summed E-state index contributed by atoms with van der Waals surface area (Å²) in [6, 6.07) is 25.8. The van der Waals surface area contributed by atoms with Crippen molar-refractivity contribution in [3.05, 3.63) is 147 Å². The van der Waals surface area contributed by atoms with E-state index >= 15 is 0 Å².